The van der Waals surface area contributed by atoms with Crippen molar-refractivity contribution in [1.82, 2.24) is 24.5 Å². The van der Waals surface area contributed by atoms with Crippen molar-refractivity contribution in [3.63, 3.8) is 0 Å². The van der Waals surface area contributed by atoms with Crippen LogP contribution in [0.3, 0.4) is 0 Å². The lowest BCUT2D eigenvalue weighted by Crippen LogP contribution is -2.39. The van der Waals surface area contributed by atoms with E-state index in [1.165, 1.54) is 5.56 Å². The molecule has 0 amide bonds. The van der Waals surface area contributed by atoms with Crippen LogP contribution in [0.15, 0.2) is 43.0 Å². The Hall–Kier alpha value is -2.51. The predicted octanol–water partition coefficient (Wildman–Crippen LogP) is 1.79. The van der Waals surface area contributed by atoms with Gasteiger partial charge in [0.2, 0.25) is 0 Å². The van der Waals surface area contributed by atoms with Gasteiger partial charge >= 0.3 is 0 Å². The Morgan fingerprint density at radius 3 is 2.83 bits per heavy atom. The van der Waals surface area contributed by atoms with Crippen LogP contribution < -0.4 is 11.1 Å². The third-order valence-electron chi connectivity index (χ3n) is 4.47. The second-order valence-corrected chi connectivity index (χ2v) is 6.20. The zero-order valence-corrected chi connectivity index (χ0v) is 13.5. The maximum Gasteiger partial charge on any atom is 0.159 e. The quantitative estimate of drug-likeness (QED) is 0.761. The minimum Gasteiger partial charge on any atom is -0.328 e. The van der Waals surface area contributed by atoms with E-state index in [0.717, 1.165) is 49.6 Å². The van der Waals surface area contributed by atoms with Gasteiger partial charge in [0.15, 0.2) is 5.82 Å². The van der Waals surface area contributed by atoms with Crippen LogP contribution >= 0.6 is 0 Å². The lowest BCUT2D eigenvalue weighted by atomic mass is 10.1. The summed E-state index contributed by atoms with van der Waals surface area (Å²) in [4.78, 5) is 11.2. The van der Waals surface area contributed by atoms with Gasteiger partial charge in [0.05, 0.1) is 0 Å². The molecule has 124 valence electrons. The van der Waals surface area contributed by atoms with Crippen LogP contribution in [0.4, 0.5) is 11.6 Å². The second kappa shape index (κ2) is 6.54. The van der Waals surface area contributed by atoms with E-state index in [4.69, 9.17) is 5.73 Å². The summed E-state index contributed by atoms with van der Waals surface area (Å²) in [6.07, 6.45) is 7.41. The van der Waals surface area contributed by atoms with Crippen molar-refractivity contribution < 1.29 is 0 Å². The van der Waals surface area contributed by atoms with Gasteiger partial charge in [0.25, 0.3) is 0 Å². The van der Waals surface area contributed by atoms with Gasteiger partial charge in [-0.2, -0.15) is 5.10 Å². The lowest BCUT2D eigenvalue weighted by Gasteiger charge is -2.29. The zero-order chi connectivity index (χ0) is 16.4. The van der Waals surface area contributed by atoms with Crippen molar-refractivity contribution in [2.45, 2.75) is 25.4 Å². The molecule has 3 aromatic rings. The maximum absolute atomic E-state index is 6.00. The first-order chi connectivity index (χ1) is 11.8. The molecule has 1 saturated heterocycles. The smallest absolute Gasteiger partial charge is 0.159 e. The number of hydrogen-bond donors (Lipinski definition) is 2. The Bertz CT molecular complexity index is 806. The van der Waals surface area contributed by atoms with Gasteiger partial charge in [-0.15, -0.1) is 0 Å². The lowest BCUT2D eigenvalue weighted by molar-refractivity contribution is 0.206. The van der Waals surface area contributed by atoms with Crippen molar-refractivity contribution in [3.8, 4) is 0 Å². The fourth-order valence-electron chi connectivity index (χ4n) is 3.15. The highest BCUT2D eigenvalue weighted by atomic mass is 15.3. The van der Waals surface area contributed by atoms with Crippen LogP contribution in [0.25, 0.3) is 5.52 Å². The molecule has 0 atom stereocenters. The van der Waals surface area contributed by atoms with E-state index in [1.54, 1.807) is 12.5 Å². The van der Waals surface area contributed by atoms with Gasteiger partial charge in [-0.05, 0) is 49.7 Å². The molecule has 4 rings (SSSR count). The third-order valence-corrected chi connectivity index (χ3v) is 4.47. The first kappa shape index (κ1) is 15.0. The van der Waals surface area contributed by atoms with E-state index in [2.05, 4.69) is 31.3 Å². The van der Waals surface area contributed by atoms with Crippen molar-refractivity contribution in [2.24, 2.45) is 5.73 Å². The average Bonchev–Trinajstić information content (AvgIpc) is 3.02. The minimum atomic E-state index is 0.344. The summed E-state index contributed by atoms with van der Waals surface area (Å²) in [5.74, 6) is 1.55. The SMILES string of the molecule is NC1CCN(Cc2ccn3ncnc(Nc4ccccn4)c23)CC1. The van der Waals surface area contributed by atoms with E-state index in [9.17, 15) is 0 Å². The summed E-state index contributed by atoms with van der Waals surface area (Å²) in [6, 6.07) is 8.22. The molecule has 1 fully saturated rings. The largest absolute Gasteiger partial charge is 0.328 e. The van der Waals surface area contributed by atoms with Crippen molar-refractivity contribution >= 4 is 17.2 Å². The zero-order valence-electron chi connectivity index (χ0n) is 13.5. The van der Waals surface area contributed by atoms with Crippen LogP contribution in [0.2, 0.25) is 0 Å². The Kier molecular flexibility index (Phi) is 4.10. The first-order valence-corrected chi connectivity index (χ1v) is 8.27. The molecule has 0 spiro atoms. The Labute approximate surface area is 140 Å². The molecule has 3 aromatic heterocycles. The van der Waals surface area contributed by atoms with E-state index in [0.29, 0.717) is 6.04 Å². The molecule has 1 aliphatic heterocycles. The van der Waals surface area contributed by atoms with Gasteiger partial charge in [-0.3, -0.25) is 4.90 Å². The molecule has 0 bridgehead atoms. The number of nitrogens with zero attached hydrogens (tertiary/aromatic N) is 5. The number of nitrogens with two attached hydrogens (primary N) is 1. The van der Waals surface area contributed by atoms with Gasteiger partial charge < -0.3 is 11.1 Å². The number of rotatable bonds is 4. The number of piperidine rings is 1. The number of fused-ring (bicyclic) bond motifs is 1. The molecule has 7 heteroatoms. The van der Waals surface area contributed by atoms with Crippen LogP contribution in [0, 0.1) is 0 Å². The van der Waals surface area contributed by atoms with Crippen LogP contribution in [-0.2, 0) is 6.54 Å². The van der Waals surface area contributed by atoms with Crippen molar-refractivity contribution in [3.05, 3.63) is 48.5 Å². The number of aromatic nitrogens is 4. The highest BCUT2D eigenvalue weighted by molar-refractivity contribution is 5.75. The molecule has 3 N–H and O–H groups in total. The third kappa shape index (κ3) is 3.08. The summed E-state index contributed by atoms with van der Waals surface area (Å²) < 4.78 is 1.86. The fraction of sp³-hybridized carbons (Fsp3) is 0.353. The van der Waals surface area contributed by atoms with Crippen molar-refractivity contribution in [1.29, 1.82) is 0 Å². The summed E-state index contributed by atoms with van der Waals surface area (Å²) in [5.41, 5.74) is 8.21. The molecular weight excluding hydrogens is 302 g/mol. The molecule has 0 aromatic carbocycles. The number of anilines is 2. The molecular formula is C17H21N7. The van der Waals surface area contributed by atoms with Gasteiger partial charge in [0, 0.05) is 25.0 Å². The Morgan fingerprint density at radius 1 is 1.17 bits per heavy atom. The molecule has 4 heterocycles. The monoisotopic (exact) mass is 323 g/mol. The normalized spacial score (nSPS) is 16.5. The topological polar surface area (TPSA) is 84.4 Å². The summed E-state index contributed by atoms with van der Waals surface area (Å²) in [5, 5.41) is 7.61. The van der Waals surface area contributed by atoms with E-state index < -0.39 is 0 Å². The molecule has 1 aliphatic rings. The van der Waals surface area contributed by atoms with Crippen molar-refractivity contribution in [2.75, 3.05) is 18.4 Å². The molecule has 0 unspecified atom stereocenters. The first-order valence-electron chi connectivity index (χ1n) is 8.27. The minimum absolute atomic E-state index is 0.344. The number of pyridine rings is 1. The Morgan fingerprint density at radius 2 is 2.04 bits per heavy atom. The number of hydrogen-bond acceptors (Lipinski definition) is 6. The highest BCUT2D eigenvalue weighted by Gasteiger charge is 2.18. The predicted molar refractivity (Wildman–Crippen MR) is 93.0 cm³/mol. The standard InChI is InChI=1S/C17H21N7/c18-14-5-8-23(9-6-14)11-13-4-10-24-16(13)17(20-12-21-24)22-15-3-1-2-7-19-15/h1-4,7,10,12,14H,5-6,8-9,11,18H2,(H,19,20,21,22). The molecule has 7 nitrogen and oxygen atoms in total. The summed E-state index contributed by atoms with van der Waals surface area (Å²) in [6.45, 7) is 2.96. The fourth-order valence-corrected chi connectivity index (χ4v) is 3.15. The molecule has 0 saturated carbocycles. The number of nitrogens with one attached hydrogen (secondary N) is 1. The summed E-state index contributed by atoms with van der Waals surface area (Å²) >= 11 is 0. The summed E-state index contributed by atoms with van der Waals surface area (Å²) in [7, 11) is 0. The van der Waals surface area contributed by atoms with Crippen LogP contribution in [0.1, 0.15) is 18.4 Å². The van der Waals surface area contributed by atoms with Gasteiger partial charge in [-0.1, -0.05) is 6.07 Å². The molecule has 0 aliphatic carbocycles. The van der Waals surface area contributed by atoms with Gasteiger partial charge in [0.1, 0.15) is 17.7 Å². The van der Waals surface area contributed by atoms with E-state index in [-0.39, 0.29) is 0 Å². The number of likely N-dealkylation sites (tertiary alicyclic amines) is 1. The maximum atomic E-state index is 6.00. The molecule has 24 heavy (non-hydrogen) atoms. The van der Waals surface area contributed by atoms with E-state index >= 15 is 0 Å². The average molecular weight is 323 g/mol. The van der Waals surface area contributed by atoms with E-state index in [1.807, 2.05) is 28.9 Å². The second-order valence-electron chi connectivity index (χ2n) is 6.20. The van der Waals surface area contributed by atoms with Crippen LogP contribution in [0.5, 0.6) is 0 Å². The van der Waals surface area contributed by atoms with Gasteiger partial charge in [-0.25, -0.2) is 14.5 Å². The molecule has 0 radical (unpaired) electrons. The Balaban J connectivity index is 1.62. The van der Waals surface area contributed by atoms with Crippen LogP contribution in [-0.4, -0.2) is 43.6 Å². The highest BCUT2D eigenvalue weighted by Crippen LogP contribution is 2.24.